The number of carbonyl (C=O) groups is 1. The highest BCUT2D eigenvalue weighted by Crippen LogP contribution is 2.41. The topological polar surface area (TPSA) is 73.9 Å². The summed E-state index contributed by atoms with van der Waals surface area (Å²) >= 11 is 1.73. The van der Waals surface area contributed by atoms with Gasteiger partial charge in [-0.15, -0.1) is 10.2 Å². The smallest absolute Gasteiger partial charge is 0.270 e. The number of likely N-dealkylation sites (N-methyl/N-ethyl adjacent to an activating group) is 1. The van der Waals surface area contributed by atoms with Crippen molar-refractivity contribution in [1.82, 2.24) is 25.4 Å². The van der Waals surface area contributed by atoms with E-state index >= 15 is 0 Å². The molecule has 6 nitrogen and oxygen atoms in total. The summed E-state index contributed by atoms with van der Waals surface area (Å²) in [6.07, 6.45) is 7.83. The Morgan fingerprint density at radius 2 is 2.13 bits per heavy atom. The third-order valence-electron chi connectivity index (χ3n) is 5.98. The van der Waals surface area contributed by atoms with Crippen LogP contribution in [0.4, 0.5) is 0 Å². The molecule has 2 aliphatic rings. The summed E-state index contributed by atoms with van der Waals surface area (Å²) in [6.45, 7) is 3.45. The van der Waals surface area contributed by atoms with Gasteiger partial charge in [0, 0.05) is 29.1 Å². The summed E-state index contributed by atoms with van der Waals surface area (Å²) in [5.74, 6) is 0.720. The number of allylic oxidation sites excluding steroid dienone is 1. The molecule has 3 aromatic rings. The van der Waals surface area contributed by atoms with E-state index in [2.05, 4.69) is 33.5 Å². The molecule has 2 aliphatic carbocycles. The van der Waals surface area contributed by atoms with Crippen LogP contribution in [0.2, 0.25) is 0 Å². The number of aromatic amines is 1. The van der Waals surface area contributed by atoms with Gasteiger partial charge in [-0.25, -0.2) is 0 Å². The number of nitrogens with zero attached hydrogens (tertiary/aromatic N) is 3. The maximum atomic E-state index is 13.2. The van der Waals surface area contributed by atoms with Gasteiger partial charge in [-0.05, 0) is 57.2 Å². The molecule has 2 heterocycles. The molecule has 0 radical (unpaired) electrons. The lowest BCUT2D eigenvalue weighted by molar-refractivity contribution is 0.0706. The molecular weight excluding hydrogens is 394 g/mol. The van der Waals surface area contributed by atoms with Crippen molar-refractivity contribution in [3.63, 3.8) is 0 Å². The number of benzene rings is 1. The van der Waals surface area contributed by atoms with Crippen LogP contribution < -0.4 is 5.32 Å². The van der Waals surface area contributed by atoms with E-state index in [-0.39, 0.29) is 11.9 Å². The van der Waals surface area contributed by atoms with Gasteiger partial charge in [-0.1, -0.05) is 29.5 Å². The van der Waals surface area contributed by atoms with Crippen LogP contribution in [0.5, 0.6) is 0 Å². The maximum absolute atomic E-state index is 13.2. The highest BCUT2D eigenvalue weighted by atomic mass is 32.1. The predicted molar refractivity (Wildman–Crippen MR) is 119 cm³/mol. The highest BCUT2D eigenvalue weighted by molar-refractivity contribution is 7.11. The molecule has 2 aromatic heterocycles. The van der Waals surface area contributed by atoms with Crippen molar-refractivity contribution in [1.29, 1.82) is 0 Å². The Morgan fingerprint density at radius 3 is 2.93 bits per heavy atom. The summed E-state index contributed by atoms with van der Waals surface area (Å²) in [6, 6.07) is 10.1. The van der Waals surface area contributed by atoms with E-state index in [9.17, 15) is 4.79 Å². The maximum Gasteiger partial charge on any atom is 0.270 e. The van der Waals surface area contributed by atoms with Crippen LogP contribution in [0, 0.1) is 0 Å². The van der Waals surface area contributed by atoms with Gasteiger partial charge < -0.3 is 15.2 Å². The van der Waals surface area contributed by atoms with Crippen LogP contribution in [-0.4, -0.2) is 38.6 Å². The van der Waals surface area contributed by atoms with Crippen molar-refractivity contribution >= 4 is 28.1 Å². The van der Waals surface area contributed by atoms with Crippen molar-refractivity contribution in [2.45, 2.75) is 57.5 Å². The fourth-order valence-electron chi connectivity index (χ4n) is 4.19. The normalized spacial score (nSPS) is 19.0. The second-order valence-electron chi connectivity index (χ2n) is 8.17. The van der Waals surface area contributed by atoms with Crippen molar-refractivity contribution in [2.24, 2.45) is 0 Å². The molecule has 5 rings (SSSR count). The van der Waals surface area contributed by atoms with E-state index < -0.39 is 0 Å². The molecular formula is C23H27N5OS. The van der Waals surface area contributed by atoms with E-state index in [0.29, 0.717) is 24.7 Å². The lowest BCUT2D eigenvalue weighted by Gasteiger charge is -2.32. The highest BCUT2D eigenvalue weighted by Gasteiger charge is 2.28. The number of para-hydroxylation sites is 1. The van der Waals surface area contributed by atoms with Crippen LogP contribution in [0.3, 0.4) is 0 Å². The van der Waals surface area contributed by atoms with Gasteiger partial charge >= 0.3 is 0 Å². The molecule has 0 saturated heterocycles. The molecule has 0 aliphatic heterocycles. The van der Waals surface area contributed by atoms with Crippen LogP contribution >= 0.6 is 11.3 Å². The number of fused-ring (bicyclic) bond motifs is 1. The van der Waals surface area contributed by atoms with Gasteiger partial charge in [0.25, 0.3) is 5.91 Å². The molecule has 1 atom stereocenters. The van der Waals surface area contributed by atoms with Crippen molar-refractivity contribution < 1.29 is 4.79 Å². The van der Waals surface area contributed by atoms with Gasteiger partial charge in [0.1, 0.15) is 15.7 Å². The SMILES string of the molecule is CCN(C(=O)c1cc2ccccc2[nH]1)[C@@H]1C=C(NCc2nnc(C3CC3)s2)CCC1. The molecule has 30 heavy (non-hydrogen) atoms. The fourth-order valence-corrected chi connectivity index (χ4v) is 5.14. The van der Waals surface area contributed by atoms with E-state index in [1.54, 1.807) is 11.3 Å². The first-order valence-corrected chi connectivity index (χ1v) is 11.7. The van der Waals surface area contributed by atoms with Gasteiger partial charge in [0.05, 0.1) is 12.6 Å². The average molecular weight is 422 g/mol. The zero-order valence-electron chi connectivity index (χ0n) is 17.2. The van der Waals surface area contributed by atoms with Crippen LogP contribution in [0.25, 0.3) is 10.9 Å². The van der Waals surface area contributed by atoms with Crippen LogP contribution in [0.1, 0.15) is 65.4 Å². The zero-order valence-corrected chi connectivity index (χ0v) is 18.0. The largest absolute Gasteiger partial charge is 0.382 e. The minimum Gasteiger partial charge on any atom is -0.382 e. The Morgan fingerprint density at radius 1 is 1.27 bits per heavy atom. The third kappa shape index (κ3) is 3.99. The summed E-state index contributed by atoms with van der Waals surface area (Å²) in [7, 11) is 0. The Balaban J connectivity index is 1.27. The van der Waals surface area contributed by atoms with Crippen LogP contribution in [0.15, 0.2) is 42.1 Å². The molecule has 2 N–H and O–H groups in total. The van der Waals surface area contributed by atoms with Gasteiger partial charge in [0.2, 0.25) is 0 Å². The number of nitrogens with one attached hydrogen (secondary N) is 2. The number of H-pyrrole nitrogens is 1. The third-order valence-corrected chi connectivity index (χ3v) is 7.06. The molecule has 156 valence electrons. The van der Waals surface area contributed by atoms with Gasteiger partial charge in [-0.2, -0.15) is 0 Å². The van der Waals surface area contributed by atoms with Crippen molar-refractivity contribution in [2.75, 3.05) is 6.54 Å². The first kappa shape index (κ1) is 19.3. The Bertz CT molecular complexity index is 1050. The van der Waals surface area contributed by atoms with E-state index in [4.69, 9.17) is 0 Å². The summed E-state index contributed by atoms with van der Waals surface area (Å²) in [5, 5.41) is 15.5. The number of hydrogen-bond acceptors (Lipinski definition) is 5. The quantitative estimate of drug-likeness (QED) is 0.585. The van der Waals surface area contributed by atoms with E-state index in [1.165, 1.54) is 23.5 Å². The van der Waals surface area contributed by atoms with E-state index in [1.807, 2.05) is 35.2 Å². The molecule has 0 spiro atoms. The monoisotopic (exact) mass is 421 g/mol. The lowest BCUT2D eigenvalue weighted by atomic mass is 9.98. The second kappa shape index (κ2) is 8.22. The predicted octanol–water partition coefficient (Wildman–Crippen LogP) is 4.59. The number of carbonyl (C=O) groups excluding carboxylic acids is 1. The van der Waals surface area contributed by atoms with Gasteiger partial charge in [0.15, 0.2) is 0 Å². The van der Waals surface area contributed by atoms with Gasteiger partial charge in [-0.3, -0.25) is 4.79 Å². The fraction of sp³-hybridized carbons (Fsp3) is 0.435. The van der Waals surface area contributed by atoms with E-state index in [0.717, 1.165) is 35.2 Å². The zero-order chi connectivity index (χ0) is 20.5. The average Bonchev–Trinajstić information content (AvgIpc) is 3.35. The number of amides is 1. The first-order chi connectivity index (χ1) is 14.7. The Hall–Kier alpha value is -2.67. The van der Waals surface area contributed by atoms with Crippen LogP contribution in [-0.2, 0) is 6.54 Å². The number of hydrogen-bond donors (Lipinski definition) is 2. The minimum absolute atomic E-state index is 0.0643. The Labute approximate surface area is 180 Å². The standard InChI is InChI=1S/C23H27N5OS/c1-2-28(23(29)20-12-16-6-3-4-9-19(16)25-20)18-8-5-7-17(13-18)24-14-21-26-27-22(30-21)15-10-11-15/h3-4,6,9,12-13,15,18,24-25H,2,5,7-8,10-11,14H2,1H3/t18-/m0/s1. The molecule has 1 saturated carbocycles. The van der Waals surface area contributed by atoms with Crippen molar-refractivity contribution in [3.05, 3.63) is 57.8 Å². The molecule has 1 fully saturated rings. The molecule has 0 unspecified atom stereocenters. The second-order valence-corrected chi connectivity index (χ2v) is 9.27. The molecule has 1 amide bonds. The molecule has 7 heteroatoms. The number of rotatable bonds is 7. The molecule has 1 aromatic carbocycles. The lowest BCUT2D eigenvalue weighted by Crippen LogP contribution is -2.41. The summed E-state index contributed by atoms with van der Waals surface area (Å²) in [5.41, 5.74) is 2.87. The summed E-state index contributed by atoms with van der Waals surface area (Å²) in [4.78, 5) is 18.5. The molecule has 0 bridgehead atoms. The van der Waals surface area contributed by atoms with Crippen molar-refractivity contribution in [3.8, 4) is 0 Å². The minimum atomic E-state index is 0.0643. The number of aromatic nitrogens is 3. The Kier molecular flexibility index (Phi) is 5.29. The summed E-state index contributed by atoms with van der Waals surface area (Å²) < 4.78 is 0. The first-order valence-electron chi connectivity index (χ1n) is 10.9.